The monoisotopic (exact) mass is 346 g/mol. The number of aromatic nitrogens is 2. The van der Waals surface area contributed by atoms with Gasteiger partial charge in [0.25, 0.3) is 5.91 Å². The normalized spacial score (nSPS) is 10.4. The first-order valence-corrected chi connectivity index (χ1v) is 8.66. The van der Waals surface area contributed by atoms with Gasteiger partial charge in [0, 0.05) is 12.2 Å². The molecule has 1 amide bonds. The lowest BCUT2D eigenvalue weighted by Gasteiger charge is -2.10. The van der Waals surface area contributed by atoms with Crippen LogP contribution in [0.2, 0.25) is 0 Å². The maximum absolute atomic E-state index is 12.2. The molecule has 0 aliphatic carbocycles. The molecule has 132 valence electrons. The van der Waals surface area contributed by atoms with Gasteiger partial charge in [-0.25, -0.2) is 9.97 Å². The minimum absolute atomic E-state index is 0.237. The van der Waals surface area contributed by atoms with Crippen LogP contribution in [0.3, 0.4) is 0 Å². The number of nitrogens with one attached hydrogen (secondary N) is 2. The first-order chi connectivity index (χ1) is 12.7. The molecule has 0 fully saturated rings. The molecule has 0 spiro atoms. The lowest BCUT2D eigenvalue weighted by molar-refractivity contribution is 0.0945. The lowest BCUT2D eigenvalue weighted by atomic mass is 10.1. The number of nitrogens with zero attached hydrogens (tertiary/aromatic N) is 2. The van der Waals surface area contributed by atoms with Gasteiger partial charge in [0.15, 0.2) is 0 Å². The molecule has 0 aliphatic heterocycles. The number of carbonyl (C=O) groups is 1. The van der Waals surface area contributed by atoms with Crippen molar-refractivity contribution in [1.29, 1.82) is 0 Å². The van der Waals surface area contributed by atoms with Crippen LogP contribution in [0.4, 0.5) is 11.5 Å². The number of rotatable bonds is 6. The summed E-state index contributed by atoms with van der Waals surface area (Å²) in [6, 6.07) is 16.1. The summed E-state index contributed by atoms with van der Waals surface area (Å²) in [4.78, 5) is 20.8. The second-order valence-corrected chi connectivity index (χ2v) is 6.09. The van der Waals surface area contributed by atoms with Crippen LogP contribution in [0.1, 0.15) is 34.1 Å². The molecular weight excluding hydrogens is 324 g/mol. The highest BCUT2D eigenvalue weighted by Gasteiger charge is 2.08. The Bertz CT molecular complexity index is 891. The topological polar surface area (TPSA) is 66.9 Å². The Hall–Kier alpha value is -3.21. The number of hydrogen-bond acceptors (Lipinski definition) is 4. The van der Waals surface area contributed by atoms with Crippen molar-refractivity contribution in [2.45, 2.75) is 26.8 Å². The Labute approximate surface area is 153 Å². The van der Waals surface area contributed by atoms with Crippen molar-refractivity contribution < 1.29 is 4.79 Å². The number of aryl methyl sites for hydroxylation is 2. The highest BCUT2D eigenvalue weighted by Crippen LogP contribution is 2.19. The molecule has 26 heavy (non-hydrogen) atoms. The van der Waals surface area contributed by atoms with E-state index in [-0.39, 0.29) is 5.91 Å². The van der Waals surface area contributed by atoms with Gasteiger partial charge in [-0.05, 0) is 30.5 Å². The molecule has 0 radical (unpaired) electrons. The Morgan fingerprint density at radius 2 is 1.88 bits per heavy atom. The van der Waals surface area contributed by atoms with Crippen LogP contribution < -0.4 is 10.6 Å². The summed E-state index contributed by atoms with van der Waals surface area (Å²) < 4.78 is 0. The molecule has 5 heteroatoms. The van der Waals surface area contributed by atoms with Crippen molar-refractivity contribution in [2.75, 3.05) is 5.32 Å². The number of para-hydroxylation sites is 1. The summed E-state index contributed by atoms with van der Waals surface area (Å²) in [6.07, 6.45) is 3.99. The van der Waals surface area contributed by atoms with Crippen LogP contribution in [-0.4, -0.2) is 15.9 Å². The van der Waals surface area contributed by atoms with E-state index in [0.717, 1.165) is 17.7 Å². The van der Waals surface area contributed by atoms with Crippen LogP contribution in [-0.2, 0) is 13.0 Å². The van der Waals surface area contributed by atoms with Gasteiger partial charge in [-0.1, -0.05) is 55.0 Å². The van der Waals surface area contributed by atoms with Gasteiger partial charge in [-0.15, -0.1) is 0 Å². The predicted octanol–water partition coefficient (Wildman–Crippen LogP) is 4.02. The van der Waals surface area contributed by atoms with E-state index in [1.54, 1.807) is 6.20 Å². The number of benzene rings is 2. The van der Waals surface area contributed by atoms with Crippen molar-refractivity contribution in [3.63, 3.8) is 0 Å². The van der Waals surface area contributed by atoms with Gasteiger partial charge in [0.1, 0.15) is 11.5 Å². The molecule has 1 heterocycles. The maximum atomic E-state index is 12.2. The number of hydrogen-bond donors (Lipinski definition) is 2. The predicted molar refractivity (Wildman–Crippen MR) is 103 cm³/mol. The van der Waals surface area contributed by atoms with Crippen LogP contribution in [0, 0.1) is 6.92 Å². The standard InChI is InChI=1S/C21H22N4O/c1-3-17-9-4-5-10-18(17)25-20-14-22-19(13-23-20)21(26)24-12-16-8-6-7-15(2)11-16/h4-11,13-14H,3,12H2,1-2H3,(H,23,25)(H,24,26). The minimum Gasteiger partial charge on any atom is -0.347 e. The number of amides is 1. The molecule has 3 aromatic rings. The minimum atomic E-state index is -0.237. The molecule has 0 unspecified atom stereocenters. The van der Waals surface area contributed by atoms with Crippen molar-refractivity contribution in [1.82, 2.24) is 15.3 Å². The average Bonchev–Trinajstić information content (AvgIpc) is 2.67. The fraction of sp³-hybridized carbons (Fsp3) is 0.190. The quantitative estimate of drug-likeness (QED) is 0.707. The van der Waals surface area contributed by atoms with Crippen molar-refractivity contribution >= 4 is 17.4 Å². The summed E-state index contributed by atoms with van der Waals surface area (Å²) in [5, 5.41) is 6.12. The fourth-order valence-corrected chi connectivity index (χ4v) is 2.69. The lowest BCUT2D eigenvalue weighted by Crippen LogP contribution is -2.24. The molecule has 0 saturated heterocycles. The summed E-state index contributed by atoms with van der Waals surface area (Å²) in [7, 11) is 0. The Morgan fingerprint density at radius 3 is 2.62 bits per heavy atom. The fourth-order valence-electron chi connectivity index (χ4n) is 2.69. The summed E-state index contributed by atoms with van der Waals surface area (Å²) in [6.45, 7) is 4.60. The zero-order valence-corrected chi connectivity index (χ0v) is 15.0. The zero-order chi connectivity index (χ0) is 18.4. The van der Waals surface area contributed by atoms with Crippen LogP contribution in [0.25, 0.3) is 0 Å². The third kappa shape index (κ3) is 4.45. The summed E-state index contributed by atoms with van der Waals surface area (Å²) in [5.41, 5.74) is 4.72. The highest BCUT2D eigenvalue weighted by molar-refractivity contribution is 5.92. The molecule has 0 bridgehead atoms. The van der Waals surface area contributed by atoms with Crippen molar-refractivity contribution in [2.24, 2.45) is 0 Å². The molecule has 5 nitrogen and oxygen atoms in total. The Kier molecular flexibility index (Phi) is 5.59. The molecule has 0 saturated carbocycles. The first kappa shape index (κ1) is 17.6. The van der Waals surface area contributed by atoms with Gasteiger partial charge in [-0.3, -0.25) is 4.79 Å². The van der Waals surface area contributed by atoms with Crippen LogP contribution >= 0.6 is 0 Å². The SMILES string of the molecule is CCc1ccccc1Nc1cnc(C(=O)NCc2cccc(C)c2)cn1. The van der Waals surface area contributed by atoms with Crippen LogP contribution in [0.15, 0.2) is 60.9 Å². The molecule has 0 atom stereocenters. The van der Waals surface area contributed by atoms with Gasteiger partial charge in [0.05, 0.1) is 12.4 Å². The Balaban J connectivity index is 1.62. The van der Waals surface area contributed by atoms with E-state index in [1.807, 2.05) is 49.4 Å². The Morgan fingerprint density at radius 1 is 1.04 bits per heavy atom. The van der Waals surface area contributed by atoms with Crippen LogP contribution in [0.5, 0.6) is 0 Å². The third-order valence-electron chi connectivity index (χ3n) is 4.08. The van der Waals surface area contributed by atoms with Crippen molar-refractivity contribution in [3.8, 4) is 0 Å². The maximum Gasteiger partial charge on any atom is 0.271 e. The van der Waals surface area contributed by atoms with E-state index in [2.05, 4.69) is 33.6 Å². The van der Waals surface area contributed by atoms with Gasteiger partial charge < -0.3 is 10.6 Å². The summed E-state index contributed by atoms with van der Waals surface area (Å²) >= 11 is 0. The molecule has 0 aliphatic rings. The number of anilines is 2. The molecule has 3 rings (SSSR count). The molecular formula is C21H22N4O. The number of carbonyl (C=O) groups excluding carboxylic acids is 1. The second-order valence-electron chi connectivity index (χ2n) is 6.09. The second kappa shape index (κ2) is 8.25. The third-order valence-corrected chi connectivity index (χ3v) is 4.08. The summed E-state index contributed by atoms with van der Waals surface area (Å²) in [5.74, 6) is 0.376. The zero-order valence-electron chi connectivity index (χ0n) is 15.0. The van der Waals surface area contributed by atoms with Gasteiger partial charge in [0.2, 0.25) is 0 Å². The average molecular weight is 346 g/mol. The van der Waals surface area contributed by atoms with E-state index >= 15 is 0 Å². The van der Waals surface area contributed by atoms with Gasteiger partial charge >= 0.3 is 0 Å². The largest absolute Gasteiger partial charge is 0.347 e. The molecule has 2 aromatic carbocycles. The van der Waals surface area contributed by atoms with Crippen molar-refractivity contribution in [3.05, 3.63) is 83.3 Å². The first-order valence-electron chi connectivity index (χ1n) is 8.66. The van der Waals surface area contributed by atoms with E-state index in [9.17, 15) is 4.79 Å². The molecule has 1 aromatic heterocycles. The van der Waals surface area contributed by atoms with E-state index in [4.69, 9.17) is 0 Å². The highest BCUT2D eigenvalue weighted by atomic mass is 16.1. The van der Waals surface area contributed by atoms with E-state index in [0.29, 0.717) is 18.1 Å². The van der Waals surface area contributed by atoms with E-state index < -0.39 is 0 Å². The van der Waals surface area contributed by atoms with E-state index in [1.165, 1.54) is 17.3 Å². The van der Waals surface area contributed by atoms with Gasteiger partial charge in [-0.2, -0.15) is 0 Å². The molecule has 2 N–H and O–H groups in total. The smallest absolute Gasteiger partial charge is 0.271 e.